The molecule has 72 valence electrons. The molecule has 0 atom stereocenters. The Morgan fingerprint density at radius 3 is 2.00 bits per heavy atom. The second kappa shape index (κ2) is 3.80. The lowest BCUT2D eigenvalue weighted by Crippen LogP contribution is -2.13. The minimum atomic E-state index is -3.11. The Hall–Kier alpha value is -0.350. The van der Waals surface area contributed by atoms with Crippen LogP contribution in [0.2, 0.25) is 0 Å². The summed E-state index contributed by atoms with van der Waals surface area (Å²) in [7, 11) is -3.11. The van der Waals surface area contributed by atoms with Gasteiger partial charge in [-0.05, 0) is 38.1 Å². The van der Waals surface area contributed by atoms with E-state index in [0.29, 0.717) is 4.90 Å². The first-order chi connectivity index (χ1) is 5.94. The van der Waals surface area contributed by atoms with Gasteiger partial charge in [-0.25, -0.2) is 8.42 Å². The van der Waals surface area contributed by atoms with E-state index in [0.717, 1.165) is 4.47 Å². The molecule has 4 heteroatoms. The average Bonchev–Trinajstić information content (AvgIpc) is 2.04. The zero-order valence-electron chi connectivity index (χ0n) is 7.49. The van der Waals surface area contributed by atoms with Crippen LogP contribution in [0.3, 0.4) is 0 Å². The van der Waals surface area contributed by atoms with E-state index in [2.05, 4.69) is 15.9 Å². The maximum Gasteiger partial charge on any atom is 0.180 e. The van der Waals surface area contributed by atoms with E-state index in [1.807, 2.05) is 0 Å². The van der Waals surface area contributed by atoms with Gasteiger partial charge in [-0.1, -0.05) is 15.9 Å². The molecule has 2 nitrogen and oxygen atoms in total. The molecule has 0 N–H and O–H groups in total. The summed E-state index contributed by atoms with van der Waals surface area (Å²) in [6, 6.07) is 6.68. The van der Waals surface area contributed by atoms with Crippen LogP contribution in [0.25, 0.3) is 0 Å². The van der Waals surface area contributed by atoms with E-state index in [1.165, 1.54) is 0 Å². The van der Waals surface area contributed by atoms with Gasteiger partial charge in [-0.15, -0.1) is 0 Å². The second-order valence-electron chi connectivity index (χ2n) is 3.05. The van der Waals surface area contributed by atoms with Crippen molar-refractivity contribution in [3.05, 3.63) is 28.7 Å². The van der Waals surface area contributed by atoms with Crippen LogP contribution in [0.4, 0.5) is 0 Å². The number of hydrogen-bond donors (Lipinski definition) is 0. The molecular weight excluding hydrogens is 252 g/mol. The lowest BCUT2D eigenvalue weighted by molar-refractivity contribution is 0.587. The number of halogens is 1. The monoisotopic (exact) mass is 262 g/mol. The highest BCUT2D eigenvalue weighted by molar-refractivity contribution is 9.10. The number of sulfone groups is 1. The van der Waals surface area contributed by atoms with Gasteiger partial charge in [0.2, 0.25) is 0 Å². The molecule has 0 aromatic heterocycles. The number of hydrogen-bond acceptors (Lipinski definition) is 2. The van der Waals surface area contributed by atoms with Crippen molar-refractivity contribution in [2.45, 2.75) is 24.0 Å². The van der Waals surface area contributed by atoms with E-state index in [-0.39, 0.29) is 5.25 Å². The predicted octanol–water partition coefficient (Wildman–Crippen LogP) is 2.63. The van der Waals surface area contributed by atoms with Crippen LogP contribution in [-0.2, 0) is 9.84 Å². The van der Waals surface area contributed by atoms with E-state index in [4.69, 9.17) is 0 Å². The fourth-order valence-electron chi connectivity index (χ4n) is 0.896. The topological polar surface area (TPSA) is 34.1 Å². The van der Waals surface area contributed by atoms with Crippen molar-refractivity contribution in [2.24, 2.45) is 0 Å². The number of rotatable bonds is 2. The molecule has 0 aliphatic rings. The van der Waals surface area contributed by atoms with Crippen LogP contribution in [-0.4, -0.2) is 13.7 Å². The summed E-state index contributed by atoms with van der Waals surface area (Å²) in [5.41, 5.74) is 0. The van der Waals surface area contributed by atoms with Gasteiger partial charge in [-0.3, -0.25) is 0 Å². The molecule has 1 rings (SSSR count). The Labute approximate surface area is 87.0 Å². The highest BCUT2D eigenvalue weighted by atomic mass is 79.9. The summed E-state index contributed by atoms with van der Waals surface area (Å²) in [5, 5.41) is -0.367. The molecule has 0 fully saturated rings. The third-order valence-electron chi connectivity index (χ3n) is 1.76. The molecule has 0 spiro atoms. The SMILES string of the molecule is CC(C)S(=O)(=O)c1ccc(Br)cc1. The van der Waals surface area contributed by atoms with Crippen LogP contribution in [0, 0.1) is 0 Å². The van der Waals surface area contributed by atoms with E-state index in [9.17, 15) is 8.42 Å². The maximum absolute atomic E-state index is 11.6. The molecule has 0 heterocycles. The zero-order chi connectivity index (χ0) is 10.1. The van der Waals surface area contributed by atoms with Crippen molar-refractivity contribution < 1.29 is 8.42 Å². The van der Waals surface area contributed by atoms with Gasteiger partial charge < -0.3 is 0 Å². The third-order valence-corrected chi connectivity index (χ3v) is 4.46. The lowest BCUT2D eigenvalue weighted by Gasteiger charge is -2.06. The largest absolute Gasteiger partial charge is 0.223 e. The van der Waals surface area contributed by atoms with E-state index in [1.54, 1.807) is 38.1 Å². The minimum Gasteiger partial charge on any atom is -0.223 e. The summed E-state index contributed by atoms with van der Waals surface area (Å²) in [5.74, 6) is 0. The van der Waals surface area contributed by atoms with Crippen molar-refractivity contribution in [2.75, 3.05) is 0 Å². The maximum atomic E-state index is 11.6. The predicted molar refractivity (Wildman–Crippen MR) is 56.5 cm³/mol. The molecule has 0 aliphatic carbocycles. The molecule has 0 saturated carbocycles. The van der Waals surface area contributed by atoms with Gasteiger partial charge >= 0.3 is 0 Å². The smallest absolute Gasteiger partial charge is 0.180 e. The van der Waals surface area contributed by atoms with Gasteiger partial charge in [0, 0.05) is 4.47 Å². The Morgan fingerprint density at radius 1 is 1.15 bits per heavy atom. The number of benzene rings is 1. The standard InChI is InChI=1S/C9H11BrO2S/c1-7(2)13(11,12)9-5-3-8(10)4-6-9/h3-7H,1-2H3. The molecule has 0 bridgehead atoms. The van der Waals surface area contributed by atoms with Crippen LogP contribution in [0.1, 0.15) is 13.8 Å². The molecule has 0 radical (unpaired) electrons. The Balaban J connectivity index is 3.17. The fraction of sp³-hybridized carbons (Fsp3) is 0.333. The van der Waals surface area contributed by atoms with Gasteiger partial charge in [-0.2, -0.15) is 0 Å². The minimum absolute atomic E-state index is 0.367. The van der Waals surface area contributed by atoms with Gasteiger partial charge in [0.25, 0.3) is 0 Å². The lowest BCUT2D eigenvalue weighted by atomic mass is 10.4. The van der Waals surface area contributed by atoms with E-state index >= 15 is 0 Å². The molecule has 0 unspecified atom stereocenters. The zero-order valence-corrected chi connectivity index (χ0v) is 9.89. The molecule has 0 amide bonds. The van der Waals surface area contributed by atoms with Crippen molar-refractivity contribution in [1.29, 1.82) is 0 Å². The summed E-state index contributed by atoms with van der Waals surface area (Å²) in [6.07, 6.45) is 0. The summed E-state index contributed by atoms with van der Waals surface area (Å²) in [4.78, 5) is 0.380. The second-order valence-corrected chi connectivity index (χ2v) is 6.47. The molecule has 0 aliphatic heterocycles. The van der Waals surface area contributed by atoms with Crippen molar-refractivity contribution in [3.63, 3.8) is 0 Å². The fourth-order valence-corrected chi connectivity index (χ4v) is 2.22. The highest BCUT2D eigenvalue weighted by Gasteiger charge is 2.18. The third kappa shape index (κ3) is 2.31. The Bertz CT molecular complexity index is 379. The van der Waals surface area contributed by atoms with E-state index < -0.39 is 9.84 Å². The summed E-state index contributed by atoms with van der Waals surface area (Å²) < 4.78 is 24.1. The van der Waals surface area contributed by atoms with Crippen LogP contribution in [0.15, 0.2) is 33.6 Å². The van der Waals surface area contributed by atoms with Crippen molar-refractivity contribution in [1.82, 2.24) is 0 Å². The first-order valence-corrected chi connectivity index (χ1v) is 6.28. The Morgan fingerprint density at radius 2 is 1.62 bits per heavy atom. The first kappa shape index (κ1) is 10.7. The van der Waals surface area contributed by atoms with Crippen LogP contribution < -0.4 is 0 Å². The van der Waals surface area contributed by atoms with Crippen molar-refractivity contribution >= 4 is 25.8 Å². The molecule has 1 aromatic rings. The summed E-state index contributed by atoms with van der Waals surface area (Å²) in [6.45, 7) is 3.36. The first-order valence-electron chi connectivity index (χ1n) is 3.94. The molecule has 13 heavy (non-hydrogen) atoms. The Kier molecular flexibility index (Phi) is 3.14. The van der Waals surface area contributed by atoms with Crippen LogP contribution >= 0.6 is 15.9 Å². The normalized spacial score (nSPS) is 12.0. The quantitative estimate of drug-likeness (QED) is 0.822. The molecular formula is C9H11BrO2S. The van der Waals surface area contributed by atoms with Gasteiger partial charge in [0.1, 0.15) is 0 Å². The van der Waals surface area contributed by atoms with Crippen molar-refractivity contribution in [3.8, 4) is 0 Å². The van der Waals surface area contributed by atoms with Crippen LogP contribution in [0.5, 0.6) is 0 Å². The average molecular weight is 263 g/mol. The van der Waals surface area contributed by atoms with Gasteiger partial charge in [0.05, 0.1) is 10.1 Å². The molecule has 1 aromatic carbocycles. The van der Waals surface area contributed by atoms with Gasteiger partial charge in [0.15, 0.2) is 9.84 Å². The summed E-state index contributed by atoms with van der Waals surface area (Å²) >= 11 is 3.25. The molecule has 0 saturated heterocycles. The highest BCUT2D eigenvalue weighted by Crippen LogP contribution is 2.18.